The number of rotatable bonds is 4. The summed E-state index contributed by atoms with van der Waals surface area (Å²) >= 11 is 7.10. The Labute approximate surface area is 97.8 Å². The van der Waals surface area contributed by atoms with Crippen molar-refractivity contribution < 1.29 is 5.11 Å². The molecular formula is C9H14ClN3OS. The summed E-state index contributed by atoms with van der Waals surface area (Å²) in [5.41, 5.74) is 0.661. The second-order valence-corrected chi connectivity index (χ2v) is 5.35. The van der Waals surface area contributed by atoms with Gasteiger partial charge >= 0.3 is 0 Å². The summed E-state index contributed by atoms with van der Waals surface area (Å²) < 4.78 is 4.41. The van der Waals surface area contributed by atoms with Crippen molar-refractivity contribution in [2.24, 2.45) is 0 Å². The van der Waals surface area contributed by atoms with E-state index in [9.17, 15) is 5.11 Å². The molecule has 0 amide bonds. The number of hydrogen-bond acceptors (Lipinski definition) is 5. The van der Waals surface area contributed by atoms with Crippen LogP contribution in [0.1, 0.15) is 31.4 Å². The van der Waals surface area contributed by atoms with Gasteiger partial charge in [0.15, 0.2) is 0 Å². The van der Waals surface area contributed by atoms with E-state index in [4.69, 9.17) is 11.6 Å². The van der Waals surface area contributed by atoms with Crippen LogP contribution in [-0.2, 0) is 6.54 Å². The van der Waals surface area contributed by atoms with Crippen LogP contribution in [0.3, 0.4) is 0 Å². The average Bonchev–Trinajstić information content (AvgIpc) is 2.85. The van der Waals surface area contributed by atoms with Gasteiger partial charge in [0.2, 0.25) is 0 Å². The van der Waals surface area contributed by atoms with Crippen molar-refractivity contribution in [3.05, 3.63) is 10.0 Å². The summed E-state index contributed by atoms with van der Waals surface area (Å²) in [6, 6.07) is 0. The topological polar surface area (TPSA) is 58.0 Å². The van der Waals surface area contributed by atoms with E-state index in [1.807, 2.05) is 0 Å². The molecule has 1 aliphatic rings. The fourth-order valence-corrected chi connectivity index (χ4v) is 2.64. The SMILES string of the molecule is OCC1(NCc2nnsc2Cl)CCCC1. The first-order valence-corrected chi connectivity index (χ1v) is 6.23. The van der Waals surface area contributed by atoms with Gasteiger partial charge in [0.05, 0.1) is 6.61 Å². The van der Waals surface area contributed by atoms with Gasteiger partial charge in [-0.3, -0.25) is 0 Å². The van der Waals surface area contributed by atoms with Gasteiger partial charge in [0, 0.05) is 23.6 Å². The molecule has 1 heterocycles. The molecule has 15 heavy (non-hydrogen) atoms. The smallest absolute Gasteiger partial charge is 0.138 e. The predicted octanol–water partition coefficient (Wildman–Crippen LogP) is 1.59. The van der Waals surface area contributed by atoms with Gasteiger partial charge < -0.3 is 10.4 Å². The largest absolute Gasteiger partial charge is 0.394 e. The number of aliphatic hydroxyl groups excluding tert-OH is 1. The minimum Gasteiger partial charge on any atom is -0.394 e. The molecule has 1 aliphatic carbocycles. The average molecular weight is 248 g/mol. The van der Waals surface area contributed by atoms with Crippen LogP contribution in [0.5, 0.6) is 0 Å². The molecule has 0 spiro atoms. The van der Waals surface area contributed by atoms with E-state index in [0.29, 0.717) is 10.9 Å². The predicted molar refractivity (Wildman–Crippen MR) is 60.0 cm³/mol. The van der Waals surface area contributed by atoms with Crippen molar-refractivity contribution in [3.8, 4) is 0 Å². The van der Waals surface area contributed by atoms with Crippen molar-refractivity contribution in [2.45, 2.75) is 37.8 Å². The van der Waals surface area contributed by atoms with Gasteiger partial charge in [-0.05, 0) is 12.8 Å². The Morgan fingerprint density at radius 1 is 1.47 bits per heavy atom. The first kappa shape index (κ1) is 11.3. The Kier molecular flexibility index (Phi) is 3.56. The molecule has 4 nitrogen and oxygen atoms in total. The van der Waals surface area contributed by atoms with Gasteiger partial charge in [-0.25, -0.2) is 0 Å². The molecule has 0 unspecified atom stereocenters. The van der Waals surface area contributed by atoms with Crippen LogP contribution in [0.25, 0.3) is 0 Å². The van der Waals surface area contributed by atoms with E-state index >= 15 is 0 Å². The van der Waals surface area contributed by atoms with Crippen LogP contribution in [0.15, 0.2) is 0 Å². The molecule has 0 aromatic carbocycles. The summed E-state index contributed by atoms with van der Waals surface area (Å²) in [6.45, 7) is 0.776. The Morgan fingerprint density at radius 3 is 2.73 bits per heavy atom. The number of aromatic nitrogens is 2. The summed E-state index contributed by atoms with van der Waals surface area (Å²) in [4.78, 5) is 0. The third kappa shape index (κ3) is 2.47. The molecule has 0 aliphatic heterocycles. The first-order valence-electron chi connectivity index (χ1n) is 5.08. The lowest BCUT2D eigenvalue weighted by molar-refractivity contribution is 0.162. The molecule has 0 atom stereocenters. The van der Waals surface area contributed by atoms with Crippen molar-refractivity contribution in [3.63, 3.8) is 0 Å². The van der Waals surface area contributed by atoms with Crippen LogP contribution in [0.4, 0.5) is 0 Å². The second-order valence-electron chi connectivity index (χ2n) is 3.99. The molecule has 0 bridgehead atoms. The lowest BCUT2D eigenvalue weighted by Crippen LogP contribution is -2.45. The highest BCUT2D eigenvalue weighted by Crippen LogP contribution is 2.29. The van der Waals surface area contributed by atoms with E-state index in [1.165, 1.54) is 24.4 Å². The Bertz CT molecular complexity index is 325. The van der Waals surface area contributed by atoms with E-state index in [-0.39, 0.29) is 12.1 Å². The monoisotopic (exact) mass is 247 g/mol. The third-order valence-electron chi connectivity index (χ3n) is 3.00. The van der Waals surface area contributed by atoms with Crippen molar-refractivity contribution in [1.82, 2.24) is 14.9 Å². The van der Waals surface area contributed by atoms with Crippen LogP contribution in [-0.4, -0.2) is 26.8 Å². The highest BCUT2D eigenvalue weighted by molar-refractivity contribution is 7.10. The van der Waals surface area contributed by atoms with E-state index < -0.39 is 0 Å². The van der Waals surface area contributed by atoms with Crippen molar-refractivity contribution >= 4 is 23.1 Å². The zero-order chi connectivity index (χ0) is 10.7. The van der Waals surface area contributed by atoms with Crippen LogP contribution in [0, 0.1) is 0 Å². The maximum atomic E-state index is 9.39. The van der Waals surface area contributed by atoms with Gasteiger partial charge in [-0.1, -0.05) is 28.9 Å². The number of nitrogens with one attached hydrogen (secondary N) is 1. The number of aliphatic hydroxyl groups is 1. The minimum absolute atomic E-state index is 0.118. The van der Waals surface area contributed by atoms with E-state index in [1.54, 1.807) is 0 Å². The third-order valence-corrected chi connectivity index (χ3v) is 3.99. The summed E-state index contributed by atoms with van der Waals surface area (Å²) in [7, 11) is 0. The fourth-order valence-electron chi connectivity index (χ4n) is 2.02. The summed E-state index contributed by atoms with van der Waals surface area (Å²) in [5, 5.41) is 16.7. The normalized spacial score (nSPS) is 19.6. The first-order chi connectivity index (χ1) is 7.26. The maximum Gasteiger partial charge on any atom is 0.138 e. The van der Waals surface area contributed by atoms with Crippen molar-refractivity contribution in [1.29, 1.82) is 0 Å². The van der Waals surface area contributed by atoms with E-state index in [2.05, 4.69) is 14.9 Å². The van der Waals surface area contributed by atoms with Gasteiger partial charge in [-0.2, -0.15) is 0 Å². The molecule has 1 fully saturated rings. The maximum absolute atomic E-state index is 9.39. The Morgan fingerprint density at radius 2 is 2.20 bits per heavy atom. The standard InChI is InChI=1S/C9H14ClN3OS/c10-8-7(12-13-15-8)5-11-9(6-14)3-1-2-4-9/h11,14H,1-6H2. The Hall–Kier alpha value is -0.230. The molecular weight excluding hydrogens is 234 g/mol. The number of halogens is 1. The molecule has 2 rings (SSSR count). The van der Waals surface area contributed by atoms with Crippen LogP contribution < -0.4 is 5.32 Å². The molecule has 6 heteroatoms. The zero-order valence-corrected chi connectivity index (χ0v) is 9.94. The molecule has 1 aromatic rings. The fraction of sp³-hybridized carbons (Fsp3) is 0.778. The van der Waals surface area contributed by atoms with Crippen LogP contribution in [0.2, 0.25) is 4.34 Å². The molecule has 0 radical (unpaired) electrons. The Balaban J connectivity index is 1.94. The minimum atomic E-state index is -0.118. The lowest BCUT2D eigenvalue weighted by Gasteiger charge is -2.27. The van der Waals surface area contributed by atoms with E-state index in [0.717, 1.165) is 18.5 Å². The molecule has 0 saturated heterocycles. The van der Waals surface area contributed by atoms with Gasteiger partial charge in [0.25, 0.3) is 0 Å². The molecule has 2 N–H and O–H groups in total. The summed E-state index contributed by atoms with van der Waals surface area (Å²) in [5.74, 6) is 0. The van der Waals surface area contributed by atoms with Crippen molar-refractivity contribution in [2.75, 3.05) is 6.61 Å². The lowest BCUT2D eigenvalue weighted by atomic mass is 9.99. The molecule has 1 saturated carbocycles. The highest BCUT2D eigenvalue weighted by atomic mass is 35.5. The zero-order valence-electron chi connectivity index (χ0n) is 8.37. The quantitative estimate of drug-likeness (QED) is 0.848. The summed E-state index contributed by atoms with van der Waals surface area (Å²) in [6.07, 6.45) is 4.41. The van der Waals surface area contributed by atoms with Crippen LogP contribution >= 0.6 is 23.1 Å². The van der Waals surface area contributed by atoms with Gasteiger partial charge in [0.1, 0.15) is 10.0 Å². The molecule has 84 valence electrons. The molecule has 1 aromatic heterocycles. The number of nitrogens with zero attached hydrogens (tertiary/aromatic N) is 2. The second kappa shape index (κ2) is 4.74. The highest BCUT2D eigenvalue weighted by Gasteiger charge is 2.32. The van der Waals surface area contributed by atoms with Gasteiger partial charge in [-0.15, -0.1) is 5.10 Å². The number of hydrogen-bond donors (Lipinski definition) is 2.